The van der Waals surface area contributed by atoms with Crippen molar-refractivity contribution in [2.45, 2.75) is 26.8 Å². The number of para-hydroxylation sites is 1. The van der Waals surface area contributed by atoms with Gasteiger partial charge in [0, 0.05) is 12.1 Å². The molecule has 0 radical (unpaired) electrons. The van der Waals surface area contributed by atoms with Gasteiger partial charge < -0.3 is 15.3 Å². The van der Waals surface area contributed by atoms with E-state index in [1.165, 1.54) is 0 Å². The molecule has 2 N–H and O–H groups in total. The van der Waals surface area contributed by atoms with Crippen molar-refractivity contribution in [3.63, 3.8) is 0 Å². The maximum absolute atomic E-state index is 9.51. The predicted octanol–water partition coefficient (Wildman–Crippen LogP) is 2.46. The summed E-state index contributed by atoms with van der Waals surface area (Å²) in [5.41, 5.74) is 0.961. The number of hydrogen-bond donors (Lipinski definition) is 2. The Kier molecular flexibility index (Phi) is 9.49. The molecule has 17 heavy (non-hydrogen) atoms. The summed E-state index contributed by atoms with van der Waals surface area (Å²) >= 11 is 0. The Morgan fingerprint density at radius 3 is 2.41 bits per heavy atom. The first-order valence-corrected chi connectivity index (χ1v) is 6.32. The predicted molar refractivity (Wildman–Crippen MR) is 74.3 cm³/mol. The maximum Gasteiger partial charge on any atom is 0.120 e. The lowest BCUT2D eigenvalue weighted by molar-refractivity contribution is 0.393. The van der Waals surface area contributed by atoms with Crippen LogP contribution in [0.4, 0.5) is 0 Å². The summed E-state index contributed by atoms with van der Waals surface area (Å²) in [4.78, 5) is 2.17. The molecule has 1 rings (SSSR count). The molecule has 1 aromatic rings. The largest absolute Gasteiger partial charge is 0.508 e. The first kappa shape index (κ1) is 15.9. The second kappa shape index (κ2) is 10.1. The zero-order valence-electron chi connectivity index (χ0n) is 11.5. The minimum Gasteiger partial charge on any atom is -0.508 e. The van der Waals surface area contributed by atoms with Crippen LogP contribution in [0.1, 0.15) is 25.8 Å². The average Bonchev–Trinajstić information content (AvgIpc) is 2.33. The van der Waals surface area contributed by atoms with Gasteiger partial charge in [-0.15, -0.1) is 0 Å². The van der Waals surface area contributed by atoms with E-state index >= 15 is 0 Å². The monoisotopic (exact) mass is 238 g/mol. The Hall–Kier alpha value is -1.06. The molecule has 1 aromatic carbocycles. The number of benzene rings is 1. The van der Waals surface area contributed by atoms with Crippen molar-refractivity contribution in [2.75, 3.05) is 27.2 Å². The highest BCUT2D eigenvalue weighted by Gasteiger charge is 1.98. The van der Waals surface area contributed by atoms with Crippen LogP contribution >= 0.6 is 0 Å². The van der Waals surface area contributed by atoms with Crippen LogP contribution in [0, 0.1) is 0 Å². The molecule has 0 bridgehead atoms. The molecule has 0 saturated heterocycles. The quantitative estimate of drug-likeness (QED) is 0.747. The molecule has 98 valence electrons. The molecule has 0 unspecified atom stereocenters. The molecule has 0 spiro atoms. The summed E-state index contributed by atoms with van der Waals surface area (Å²) < 4.78 is 0. The van der Waals surface area contributed by atoms with Gasteiger partial charge in [0.1, 0.15) is 5.75 Å². The van der Waals surface area contributed by atoms with Crippen molar-refractivity contribution >= 4 is 0 Å². The molecular formula is C14H26N2O. The lowest BCUT2D eigenvalue weighted by Gasteiger charge is -2.10. The zero-order valence-corrected chi connectivity index (χ0v) is 11.5. The second-order valence-corrected chi connectivity index (χ2v) is 3.96. The van der Waals surface area contributed by atoms with E-state index < -0.39 is 0 Å². The van der Waals surface area contributed by atoms with E-state index in [9.17, 15) is 5.11 Å². The van der Waals surface area contributed by atoms with Crippen LogP contribution in [-0.4, -0.2) is 37.2 Å². The van der Waals surface area contributed by atoms with Crippen LogP contribution < -0.4 is 5.32 Å². The molecule has 3 nitrogen and oxygen atoms in total. The van der Waals surface area contributed by atoms with Crippen LogP contribution in [0.25, 0.3) is 0 Å². The Bertz CT molecular complexity index is 287. The maximum atomic E-state index is 9.51. The Labute approximate surface area is 105 Å². The van der Waals surface area contributed by atoms with Crippen molar-refractivity contribution in [3.05, 3.63) is 29.8 Å². The van der Waals surface area contributed by atoms with Crippen molar-refractivity contribution in [1.82, 2.24) is 10.2 Å². The van der Waals surface area contributed by atoms with E-state index in [-0.39, 0.29) is 0 Å². The molecule has 0 saturated carbocycles. The zero-order chi connectivity index (χ0) is 13.1. The summed E-state index contributed by atoms with van der Waals surface area (Å²) in [6, 6.07) is 7.44. The highest BCUT2D eigenvalue weighted by atomic mass is 16.3. The third kappa shape index (κ3) is 7.77. The fourth-order valence-electron chi connectivity index (χ4n) is 1.40. The Morgan fingerprint density at radius 1 is 1.18 bits per heavy atom. The lowest BCUT2D eigenvalue weighted by Crippen LogP contribution is -2.21. The van der Waals surface area contributed by atoms with Gasteiger partial charge in [0.15, 0.2) is 0 Å². The average molecular weight is 238 g/mol. The summed E-state index contributed by atoms with van der Waals surface area (Å²) in [6.07, 6.45) is 1.13. The van der Waals surface area contributed by atoms with Crippen LogP contribution in [0.3, 0.4) is 0 Å². The van der Waals surface area contributed by atoms with Gasteiger partial charge >= 0.3 is 0 Å². The van der Waals surface area contributed by atoms with Crippen molar-refractivity contribution in [3.8, 4) is 5.75 Å². The van der Waals surface area contributed by atoms with Gasteiger partial charge in [-0.3, -0.25) is 0 Å². The normalized spacial score (nSPS) is 9.94. The van der Waals surface area contributed by atoms with Gasteiger partial charge in [-0.05, 0) is 39.7 Å². The molecule has 0 fully saturated rings. The summed E-state index contributed by atoms with van der Waals surface area (Å²) in [5, 5.41) is 12.8. The standard InChI is InChI=1S/C12H20N2O.C2H6/c1-14(2)9-5-8-13-10-11-6-3-4-7-12(11)15;1-2/h3-4,6-7,13,15H,5,8-10H2,1-2H3;1-2H3. The number of hydrogen-bond acceptors (Lipinski definition) is 3. The highest BCUT2D eigenvalue weighted by molar-refractivity contribution is 5.31. The molecule has 0 aliphatic carbocycles. The van der Waals surface area contributed by atoms with E-state index in [1.54, 1.807) is 6.07 Å². The van der Waals surface area contributed by atoms with Gasteiger partial charge in [-0.2, -0.15) is 0 Å². The van der Waals surface area contributed by atoms with E-state index in [0.717, 1.165) is 31.6 Å². The van der Waals surface area contributed by atoms with E-state index in [2.05, 4.69) is 24.3 Å². The highest BCUT2D eigenvalue weighted by Crippen LogP contribution is 2.14. The Morgan fingerprint density at radius 2 is 1.82 bits per heavy atom. The first-order valence-electron chi connectivity index (χ1n) is 6.32. The molecule has 0 atom stereocenters. The van der Waals surface area contributed by atoms with E-state index in [4.69, 9.17) is 0 Å². The first-order chi connectivity index (χ1) is 8.20. The number of rotatable bonds is 6. The molecule has 3 heteroatoms. The fraction of sp³-hybridized carbons (Fsp3) is 0.571. The van der Waals surface area contributed by atoms with Crippen molar-refractivity contribution in [1.29, 1.82) is 0 Å². The Balaban J connectivity index is 0.00000121. The molecule has 0 aromatic heterocycles. The van der Waals surface area contributed by atoms with Crippen LogP contribution in [0.15, 0.2) is 24.3 Å². The molecule has 0 amide bonds. The second-order valence-electron chi connectivity index (χ2n) is 3.96. The fourth-order valence-corrected chi connectivity index (χ4v) is 1.40. The summed E-state index contributed by atoms with van der Waals surface area (Å²) in [5.74, 6) is 0.373. The van der Waals surface area contributed by atoms with Gasteiger partial charge in [-0.1, -0.05) is 32.0 Å². The smallest absolute Gasteiger partial charge is 0.120 e. The summed E-state index contributed by atoms with van der Waals surface area (Å²) in [7, 11) is 4.14. The topological polar surface area (TPSA) is 35.5 Å². The van der Waals surface area contributed by atoms with Gasteiger partial charge in [0.05, 0.1) is 0 Å². The minimum atomic E-state index is 0.373. The van der Waals surface area contributed by atoms with Crippen LogP contribution in [0.2, 0.25) is 0 Å². The van der Waals surface area contributed by atoms with Gasteiger partial charge in [0.2, 0.25) is 0 Å². The van der Waals surface area contributed by atoms with Gasteiger partial charge in [0.25, 0.3) is 0 Å². The van der Waals surface area contributed by atoms with Crippen LogP contribution in [0.5, 0.6) is 5.75 Å². The van der Waals surface area contributed by atoms with Crippen LogP contribution in [-0.2, 0) is 6.54 Å². The number of nitrogens with one attached hydrogen (secondary N) is 1. The number of aromatic hydroxyl groups is 1. The molecule has 0 heterocycles. The minimum absolute atomic E-state index is 0.373. The molecular weight excluding hydrogens is 212 g/mol. The third-order valence-electron chi connectivity index (χ3n) is 2.27. The van der Waals surface area contributed by atoms with Crippen molar-refractivity contribution < 1.29 is 5.11 Å². The van der Waals surface area contributed by atoms with E-state index in [1.807, 2.05) is 32.0 Å². The van der Waals surface area contributed by atoms with Gasteiger partial charge in [-0.25, -0.2) is 0 Å². The lowest BCUT2D eigenvalue weighted by atomic mass is 10.2. The number of phenols is 1. The van der Waals surface area contributed by atoms with Crippen molar-refractivity contribution in [2.24, 2.45) is 0 Å². The molecule has 0 aliphatic heterocycles. The third-order valence-corrected chi connectivity index (χ3v) is 2.27. The number of phenolic OH excluding ortho intramolecular Hbond substituents is 1. The molecule has 0 aliphatic rings. The SMILES string of the molecule is CC.CN(C)CCCNCc1ccccc1O. The van der Waals surface area contributed by atoms with E-state index in [0.29, 0.717) is 5.75 Å². The summed E-state index contributed by atoms with van der Waals surface area (Å²) in [6.45, 7) is 6.81. The number of nitrogens with zero attached hydrogens (tertiary/aromatic N) is 1.